The van der Waals surface area contributed by atoms with Crippen molar-refractivity contribution in [3.63, 3.8) is 0 Å². The Morgan fingerprint density at radius 1 is 0.979 bits per heavy atom. The van der Waals surface area contributed by atoms with Crippen LogP contribution in [0.15, 0.2) is 97.1 Å². The minimum Gasteiger partial charge on any atom is -0.489 e. The maximum atomic E-state index is 14.2. The van der Waals surface area contributed by atoms with Crippen LogP contribution in [0.5, 0.6) is 5.75 Å². The fourth-order valence-electron chi connectivity index (χ4n) is 5.92. The molecule has 0 aliphatic heterocycles. The van der Waals surface area contributed by atoms with Gasteiger partial charge in [-0.1, -0.05) is 65.9 Å². The van der Waals surface area contributed by atoms with Gasteiger partial charge in [-0.3, -0.25) is 14.9 Å². The van der Waals surface area contributed by atoms with Crippen LogP contribution in [0.3, 0.4) is 0 Å². The summed E-state index contributed by atoms with van der Waals surface area (Å²) in [5, 5.41) is 29.3. The molecule has 11 nitrogen and oxygen atoms in total. The number of nitro groups is 1. The minimum atomic E-state index is -0.399. The zero-order valence-corrected chi connectivity index (χ0v) is 25.2. The molecule has 11 heteroatoms. The van der Waals surface area contributed by atoms with Crippen LogP contribution in [0.25, 0.3) is 22.6 Å². The average molecular weight is 624 g/mol. The number of non-ortho nitro benzene ring substituents is 1. The molecule has 0 spiro atoms. The summed E-state index contributed by atoms with van der Waals surface area (Å²) < 4.78 is 6.10. The van der Waals surface area contributed by atoms with Crippen LogP contribution in [0, 0.1) is 10.1 Å². The van der Waals surface area contributed by atoms with Crippen LogP contribution < -0.4 is 10.1 Å². The van der Waals surface area contributed by atoms with Crippen molar-refractivity contribution in [3.8, 4) is 5.75 Å². The van der Waals surface area contributed by atoms with Gasteiger partial charge in [0, 0.05) is 35.2 Å². The summed E-state index contributed by atoms with van der Waals surface area (Å²) in [6.07, 6.45) is 4.77. The Labute approximate surface area is 269 Å². The van der Waals surface area contributed by atoms with Crippen molar-refractivity contribution in [1.29, 1.82) is 0 Å². The maximum absolute atomic E-state index is 14.2. The van der Waals surface area contributed by atoms with E-state index in [2.05, 4.69) is 25.9 Å². The van der Waals surface area contributed by atoms with Gasteiger partial charge in [0.15, 0.2) is 5.82 Å². The number of para-hydroxylation sites is 2. The number of nitrogens with zero attached hydrogens (tertiary/aromatic N) is 5. The normalized spacial score (nSPS) is 13.3. The van der Waals surface area contributed by atoms with Crippen molar-refractivity contribution < 1.29 is 14.5 Å². The first-order valence-corrected chi connectivity index (χ1v) is 15.2. The third kappa shape index (κ3) is 6.45. The molecule has 6 aromatic rings. The van der Waals surface area contributed by atoms with E-state index in [0.29, 0.717) is 41.2 Å². The summed E-state index contributed by atoms with van der Waals surface area (Å²) in [6.45, 7) is 0.256. The molecule has 232 valence electrons. The van der Waals surface area contributed by atoms with Crippen molar-refractivity contribution in [2.45, 2.75) is 32.3 Å². The lowest BCUT2D eigenvalue weighted by Crippen LogP contribution is -2.19. The second-order valence-corrected chi connectivity index (χ2v) is 11.3. The number of hydrogen-bond acceptors (Lipinski definition) is 8. The van der Waals surface area contributed by atoms with Crippen molar-refractivity contribution in [2.75, 3.05) is 5.32 Å². The standard InChI is InChI=1S/C36H29N7O4/c44-36(38-31-13-3-1-8-26(31)22-47-28-17-15-23(16-18-28)21-33-39-41-42-40-33)34-29-11-2-4-14-32(29)37-35-25(9-6-12-30(34)35)19-24-7-5-10-27(20-24)43(45)46/h1-5,7-8,10-11,13-20H,6,9,12,21-22H2,(H,38,44)(H,39,40,41,42)/b25-19+. The SMILES string of the molecule is O=C(Nc1ccccc1COc1ccc(Cc2nn[nH]n2)cc1)c1c2c(nc3ccccc13)/C(=C/c1cccc([N+](=O)[O-])c1)CCC2. The molecule has 1 aliphatic rings. The van der Waals surface area contributed by atoms with Crippen LogP contribution >= 0.6 is 0 Å². The molecule has 1 amide bonds. The van der Waals surface area contributed by atoms with Gasteiger partial charge in [0.2, 0.25) is 0 Å². The number of benzene rings is 4. The monoisotopic (exact) mass is 623 g/mol. The van der Waals surface area contributed by atoms with Gasteiger partial charge in [0.25, 0.3) is 11.6 Å². The number of nitro benzene ring substituents is 1. The number of ether oxygens (including phenoxy) is 1. The predicted molar refractivity (Wildman–Crippen MR) is 178 cm³/mol. The molecule has 0 saturated heterocycles. The molecule has 4 aromatic carbocycles. The van der Waals surface area contributed by atoms with Crippen molar-refractivity contribution >= 4 is 39.8 Å². The number of anilines is 1. The number of H-pyrrole nitrogens is 1. The number of nitrogens with one attached hydrogen (secondary N) is 2. The Morgan fingerprint density at radius 2 is 1.81 bits per heavy atom. The zero-order chi connectivity index (χ0) is 32.2. The molecule has 1 aliphatic carbocycles. The fourth-order valence-corrected chi connectivity index (χ4v) is 5.92. The van der Waals surface area contributed by atoms with Gasteiger partial charge in [-0.25, -0.2) is 4.98 Å². The molecule has 0 bridgehead atoms. The highest BCUT2D eigenvalue weighted by molar-refractivity contribution is 6.14. The minimum absolute atomic E-state index is 0.0297. The molecule has 0 unspecified atom stereocenters. The van der Waals surface area contributed by atoms with Crippen LogP contribution in [0.2, 0.25) is 0 Å². The van der Waals surface area contributed by atoms with E-state index in [0.717, 1.165) is 51.7 Å². The summed E-state index contributed by atoms with van der Waals surface area (Å²) >= 11 is 0. The van der Waals surface area contributed by atoms with Crippen molar-refractivity contribution in [3.05, 3.63) is 147 Å². The number of carbonyl (C=O) groups is 1. The van der Waals surface area contributed by atoms with E-state index in [1.54, 1.807) is 12.1 Å². The summed E-state index contributed by atoms with van der Waals surface area (Å²) in [5.74, 6) is 1.08. The van der Waals surface area contributed by atoms with Crippen LogP contribution in [-0.4, -0.2) is 36.4 Å². The Morgan fingerprint density at radius 3 is 2.64 bits per heavy atom. The highest BCUT2D eigenvalue weighted by Gasteiger charge is 2.26. The van der Waals surface area contributed by atoms with E-state index in [-0.39, 0.29) is 18.2 Å². The van der Waals surface area contributed by atoms with Gasteiger partial charge in [0.05, 0.1) is 21.7 Å². The zero-order valence-electron chi connectivity index (χ0n) is 25.2. The number of hydrogen-bond donors (Lipinski definition) is 2. The lowest BCUT2D eigenvalue weighted by atomic mass is 9.85. The third-order valence-electron chi connectivity index (χ3n) is 8.15. The number of pyridine rings is 1. The molecule has 2 N–H and O–H groups in total. The number of aromatic nitrogens is 5. The fraction of sp³-hybridized carbons (Fsp3) is 0.139. The molecule has 0 saturated carbocycles. The van der Waals surface area contributed by atoms with E-state index in [1.165, 1.54) is 6.07 Å². The largest absolute Gasteiger partial charge is 0.489 e. The van der Waals surface area contributed by atoms with Gasteiger partial charge >= 0.3 is 0 Å². The number of tetrazole rings is 1. The van der Waals surface area contributed by atoms with E-state index in [9.17, 15) is 14.9 Å². The molecule has 2 heterocycles. The molecular weight excluding hydrogens is 594 g/mol. The highest BCUT2D eigenvalue weighted by Crippen LogP contribution is 2.37. The van der Waals surface area contributed by atoms with Crippen molar-refractivity contribution in [2.24, 2.45) is 0 Å². The number of rotatable bonds is 9. The van der Waals surface area contributed by atoms with Crippen LogP contribution in [-0.2, 0) is 19.4 Å². The molecule has 2 aromatic heterocycles. The van der Waals surface area contributed by atoms with Gasteiger partial charge < -0.3 is 10.1 Å². The lowest BCUT2D eigenvalue weighted by molar-refractivity contribution is -0.384. The first-order valence-electron chi connectivity index (χ1n) is 15.2. The number of allylic oxidation sites excluding steroid dienone is 1. The summed E-state index contributed by atoms with van der Waals surface area (Å²) in [5.41, 5.74) is 7.14. The molecule has 0 radical (unpaired) electrons. The van der Waals surface area contributed by atoms with E-state index in [4.69, 9.17) is 9.72 Å². The smallest absolute Gasteiger partial charge is 0.270 e. The second kappa shape index (κ2) is 13.0. The quantitative estimate of drug-likeness (QED) is 0.130. The van der Waals surface area contributed by atoms with Gasteiger partial charge in [-0.2, -0.15) is 5.21 Å². The topological polar surface area (TPSA) is 149 Å². The Bertz CT molecular complexity index is 2130. The summed E-state index contributed by atoms with van der Waals surface area (Å²) in [6, 6.07) is 29.5. The van der Waals surface area contributed by atoms with E-state index < -0.39 is 4.92 Å². The summed E-state index contributed by atoms with van der Waals surface area (Å²) in [4.78, 5) is 30.2. The first-order chi connectivity index (χ1) is 23.0. The molecule has 0 atom stereocenters. The van der Waals surface area contributed by atoms with Gasteiger partial charge in [0.1, 0.15) is 12.4 Å². The van der Waals surface area contributed by atoms with Gasteiger partial charge in [-0.15, -0.1) is 10.2 Å². The maximum Gasteiger partial charge on any atom is 0.270 e. The van der Waals surface area contributed by atoms with E-state index >= 15 is 0 Å². The van der Waals surface area contributed by atoms with Crippen LogP contribution in [0.4, 0.5) is 11.4 Å². The van der Waals surface area contributed by atoms with Crippen LogP contribution in [0.1, 0.15) is 57.0 Å². The first kappa shape index (κ1) is 29.5. The molecule has 7 rings (SSSR count). The lowest BCUT2D eigenvalue weighted by Gasteiger charge is -2.23. The summed E-state index contributed by atoms with van der Waals surface area (Å²) in [7, 11) is 0. The number of amides is 1. The van der Waals surface area contributed by atoms with Gasteiger partial charge in [-0.05, 0) is 71.9 Å². The van der Waals surface area contributed by atoms with E-state index in [1.807, 2.05) is 84.9 Å². The number of aromatic amines is 1. The second-order valence-electron chi connectivity index (χ2n) is 11.3. The molecular formula is C36H29N7O4. The Balaban J connectivity index is 1.16. The Hall–Kier alpha value is -6.23. The number of fused-ring (bicyclic) bond motifs is 2. The van der Waals surface area contributed by atoms with Crippen molar-refractivity contribution in [1.82, 2.24) is 25.6 Å². The molecule has 47 heavy (non-hydrogen) atoms. The highest BCUT2D eigenvalue weighted by atomic mass is 16.6. The predicted octanol–water partition coefficient (Wildman–Crippen LogP) is 6.96. The Kier molecular flexibility index (Phi) is 8.16. The number of carbonyl (C=O) groups excluding carboxylic acids is 1. The average Bonchev–Trinajstić information content (AvgIpc) is 3.61. The molecule has 0 fully saturated rings. The third-order valence-corrected chi connectivity index (χ3v) is 8.15.